The molecule has 2 fully saturated rings. The van der Waals surface area contributed by atoms with Gasteiger partial charge in [-0.1, -0.05) is 0 Å². The lowest BCUT2D eigenvalue weighted by molar-refractivity contribution is -0.138. The first kappa shape index (κ1) is 15.2. The Bertz CT molecular complexity index is 216. The molecule has 5 nitrogen and oxygen atoms in total. The minimum atomic E-state index is 0.406. The molecule has 2 aliphatic heterocycles. The van der Waals surface area contributed by atoms with Crippen LogP contribution in [0.3, 0.4) is 0 Å². The molecule has 2 aliphatic rings. The average molecular weight is 270 g/mol. The van der Waals surface area contributed by atoms with E-state index in [2.05, 4.69) is 9.80 Å². The Labute approximate surface area is 117 Å². The summed E-state index contributed by atoms with van der Waals surface area (Å²) in [5.41, 5.74) is 11.1. The van der Waals surface area contributed by atoms with E-state index in [1.165, 1.54) is 25.9 Å². The van der Waals surface area contributed by atoms with Crippen LogP contribution in [-0.2, 0) is 4.74 Å². The number of nitrogens with zero attached hydrogens (tertiary/aromatic N) is 2. The topological polar surface area (TPSA) is 67.8 Å². The van der Waals surface area contributed by atoms with E-state index in [-0.39, 0.29) is 0 Å². The van der Waals surface area contributed by atoms with E-state index in [9.17, 15) is 0 Å². The molecular weight excluding hydrogens is 240 g/mol. The monoisotopic (exact) mass is 270 g/mol. The van der Waals surface area contributed by atoms with Crippen LogP contribution >= 0.6 is 0 Å². The van der Waals surface area contributed by atoms with Gasteiger partial charge in [0.1, 0.15) is 0 Å². The summed E-state index contributed by atoms with van der Waals surface area (Å²) in [6, 6.07) is 0. The second-order valence-electron chi connectivity index (χ2n) is 5.89. The van der Waals surface area contributed by atoms with E-state index in [4.69, 9.17) is 16.2 Å². The molecule has 0 aromatic carbocycles. The Hall–Kier alpha value is -0.200. The molecule has 4 N–H and O–H groups in total. The molecule has 2 rings (SSSR count). The fourth-order valence-electron chi connectivity index (χ4n) is 3.19. The van der Waals surface area contributed by atoms with Gasteiger partial charge in [-0.05, 0) is 51.9 Å². The highest BCUT2D eigenvalue weighted by Gasteiger charge is 2.34. The van der Waals surface area contributed by atoms with E-state index in [0.717, 1.165) is 52.1 Å². The van der Waals surface area contributed by atoms with Gasteiger partial charge in [0.25, 0.3) is 0 Å². The first-order valence-electron chi connectivity index (χ1n) is 7.82. The van der Waals surface area contributed by atoms with Gasteiger partial charge in [-0.15, -0.1) is 0 Å². The summed E-state index contributed by atoms with van der Waals surface area (Å²) in [5.74, 6) is 0. The standard InChI is InChI=1S/C14H30N4O/c15-5-1-3-7-17-9-13-11-18(8-4-2-6-16)12-14(10-17)19-13/h13-14H,1-12,15-16H2. The first-order valence-corrected chi connectivity index (χ1v) is 7.82. The summed E-state index contributed by atoms with van der Waals surface area (Å²) in [7, 11) is 0. The third-order valence-corrected chi connectivity index (χ3v) is 4.09. The van der Waals surface area contributed by atoms with E-state index >= 15 is 0 Å². The molecule has 112 valence electrons. The molecule has 0 saturated carbocycles. The lowest BCUT2D eigenvalue weighted by atomic mass is 10.1. The molecule has 19 heavy (non-hydrogen) atoms. The van der Waals surface area contributed by atoms with Crippen LogP contribution in [0.25, 0.3) is 0 Å². The largest absolute Gasteiger partial charge is 0.370 e. The normalized spacial score (nSPS) is 28.7. The van der Waals surface area contributed by atoms with Gasteiger partial charge in [0, 0.05) is 26.2 Å². The molecule has 0 spiro atoms. The van der Waals surface area contributed by atoms with Crippen molar-refractivity contribution < 1.29 is 4.74 Å². The summed E-state index contributed by atoms with van der Waals surface area (Å²) < 4.78 is 6.06. The Kier molecular flexibility index (Phi) is 6.53. The van der Waals surface area contributed by atoms with Crippen molar-refractivity contribution in [3.8, 4) is 0 Å². The SMILES string of the molecule is NCCCCN1CC2CN(CCCCN)CC(C1)O2. The second-order valence-corrected chi connectivity index (χ2v) is 5.89. The van der Waals surface area contributed by atoms with Crippen LogP contribution in [0.2, 0.25) is 0 Å². The van der Waals surface area contributed by atoms with Gasteiger partial charge in [-0.25, -0.2) is 0 Å². The lowest BCUT2D eigenvalue weighted by Crippen LogP contribution is -2.59. The zero-order valence-corrected chi connectivity index (χ0v) is 12.1. The fourth-order valence-corrected chi connectivity index (χ4v) is 3.19. The summed E-state index contributed by atoms with van der Waals surface area (Å²) in [4.78, 5) is 5.12. The molecular formula is C14H30N4O. The van der Waals surface area contributed by atoms with E-state index in [1.807, 2.05) is 0 Å². The van der Waals surface area contributed by atoms with Gasteiger partial charge in [0.05, 0.1) is 12.2 Å². The molecule has 0 radical (unpaired) electrons. The van der Waals surface area contributed by atoms with Crippen LogP contribution in [0.15, 0.2) is 0 Å². The Balaban J connectivity index is 1.69. The maximum Gasteiger partial charge on any atom is 0.0833 e. The number of rotatable bonds is 8. The summed E-state index contributed by atoms with van der Waals surface area (Å²) >= 11 is 0. The van der Waals surface area contributed by atoms with Crippen molar-refractivity contribution in [2.75, 3.05) is 52.4 Å². The fraction of sp³-hybridized carbons (Fsp3) is 1.00. The van der Waals surface area contributed by atoms with Crippen LogP contribution in [0.4, 0.5) is 0 Å². The number of morpholine rings is 2. The van der Waals surface area contributed by atoms with E-state index < -0.39 is 0 Å². The number of unbranched alkanes of at least 4 members (excludes halogenated alkanes) is 2. The minimum Gasteiger partial charge on any atom is -0.370 e. The predicted molar refractivity (Wildman–Crippen MR) is 78.1 cm³/mol. The molecule has 0 unspecified atom stereocenters. The Morgan fingerprint density at radius 2 is 1.16 bits per heavy atom. The number of nitrogens with two attached hydrogens (primary N) is 2. The van der Waals surface area contributed by atoms with Crippen molar-refractivity contribution in [2.24, 2.45) is 11.5 Å². The molecule has 0 aliphatic carbocycles. The van der Waals surface area contributed by atoms with Crippen LogP contribution in [0.5, 0.6) is 0 Å². The highest BCUT2D eigenvalue weighted by molar-refractivity contribution is 4.86. The molecule has 2 saturated heterocycles. The number of hydrogen-bond acceptors (Lipinski definition) is 5. The summed E-state index contributed by atoms with van der Waals surface area (Å²) in [5, 5.41) is 0. The van der Waals surface area contributed by atoms with Crippen LogP contribution in [0, 0.1) is 0 Å². The lowest BCUT2D eigenvalue weighted by Gasteiger charge is -2.46. The Morgan fingerprint density at radius 3 is 1.53 bits per heavy atom. The molecule has 0 aromatic rings. The smallest absolute Gasteiger partial charge is 0.0833 e. The van der Waals surface area contributed by atoms with Crippen molar-refractivity contribution in [1.29, 1.82) is 0 Å². The summed E-state index contributed by atoms with van der Waals surface area (Å²) in [6.07, 6.45) is 5.52. The van der Waals surface area contributed by atoms with Crippen LogP contribution < -0.4 is 11.5 Å². The van der Waals surface area contributed by atoms with Gasteiger partial charge in [0.2, 0.25) is 0 Å². The van der Waals surface area contributed by atoms with Crippen molar-refractivity contribution in [3.05, 3.63) is 0 Å². The van der Waals surface area contributed by atoms with Crippen LogP contribution in [-0.4, -0.2) is 74.4 Å². The average Bonchev–Trinajstić information content (AvgIpc) is 2.38. The number of fused-ring (bicyclic) bond motifs is 2. The van der Waals surface area contributed by atoms with Gasteiger partial charge in [-0.3, -0.25) is 9.80 Å². The number of hydrogen-bond donors (Lipinski definition) is 2. The van der Waals surface area contributed by atoms with E-state index in [0.29, 0.717) is 12.2 Å². The van der Waals surface area contributed by atoms with Gasteiger partial charge in [0.15, 0.2) is 0 Å². The maximum atomic E-state index is 6.06. The molecule has 0 atom stereocenters. The zero-order chi connectivity index (χ0) is 13.5. The zero-order valence-electron chi connectivity index (χ0n) is 12.1. The molecule has 2 bridgehead atoms. The molecule has 2 heterocycles. The quantitative estimate of drug-likeness (QED) is 0.600. The van der Waals surface area contributed by atoms with Crippen molar-refractivity contribution in [3.63, 3.8) is 0 Å². The molecule has 5 heteroatoms. The molecule has 0 amide bonds. The first-order chi connectivity index (χ1) is 9.31. The van der Waals surface area contributed by atoms with Gasteiger partial charge < -0.3 is 16.2 Å². The maximum absolute atomic E-state index is 6.06. The summed E-state index contributed by atoms with van der Waals surface area (Å²) in [6.45, 7) is 8.35. The minimum absolute atomic E-state index is 0.406. The van der Waals surface area contributed by atoms with Gasteiger partial charge in [-0.2, -0.15) is 0 Å². The highest BCUT2D eigenvalue weighted by Crippen LogP contribution is 2.19. The third kappa shape index (κ3) is 5.00. The van der Waals surface area contributed by atoms with Crippen molar-refractivity contribution >= 4 is 0 Å². The van der Waals surface area contributed by atoms with Crippen molar-refractivity contribution in [1.82, 2.24) is 9.80 Å². The predicted octanol–water partition coefficient (Wildman–Crippen LogP) is -0.151. The highest BCUT2D eigenvalue weighted by atomic mass is 16.5. The third-order valence-electron chi connectivity index (χ3n) is 4.09. The Morgan fingerprint density at radius 1 is 0.737 bits per heavy atom. The second kappa shape index (κ2) is 8.17. The number of ether oxygens (including phenoxy) is 1. The van der Waals surface area contributed by atoms with Crippen molar-refractivity contribution in [2.45, 2.75) is 37.9 Å². The van der Waals surface area contributed by atoms with Gasteiger partial charge >= 0.3 is 0 Å². The van der Waals surface area contributed by atoms with E-state index in [1.54, 1.807) is 0 Å². The van der Waals surface area contributed by atoms with Crippen LogP contribution in [0.1, 0.15) is 25.7 Å². The molecule has 0 aromatic heterocycles.